The van der Waals surface area contributed by atoms with E-state index < -0.39 is 0 Å². The van der Waals surface area contributed by atoms with E-state index in [1.165, 1.54) is 5.56 Å². The molecule has 0 aliphatic heterocycles. The van der Waals surface area contributed by atoms with Crippen LogP contribution in [0.15, 0.2) is 30.3 Å². The summed E-state index contributed by atoms with van der Waals surface area (Å²) < 4.78 is 0. The van der Waals surface area contributed by atoms with Crippen LogP contribution in [0.2, 0.25) is 0 Å². The molecule has 0 unspecified atom stereocenters. The first-order valence-electron chi connectivity index (χ1n) is 4.71. The largest absolute Gasteiger partial charge is 3.00 e. The van der Waals surface area contributed by atoms with Gasteiger partial charge >= 0.3 is 16.5 Å². The third kappa shape index (κ3) is 10.1. The third-order valence-corrected chi connectivity index (χ3v) is 1.95. The molecule has 94 valence electrons. The van der Waals surface area contributed by atoms with Crippen LogP contribution in [0.5, 0.6) is 0 Å². The van der Waals surface area contributed by atoms with Gasteiger partial charge in [0.15, 0.2) is 0 Å². The summed E-state index contributed by atoms with van der Waals surface area (Å²) in [4.78, 5) is 0. The Morgan fingerprint density at radius 2 is 1.62 bits per heavy atom. The molecule has 0 saturated carbocycles. The molecule has 0 aromatic heterocycles. The Hall–Kier alpha value is -0.406. The van der Waals surface area contributed by atoms with E-state index in [0.717, 1.165) is 12.8 Å². The third-order valence-electron chi connectivity index (χ3n) is 1.95. The van der Waals surface area contributed by atoms with Crippen molar-refractivity contribution in [2.24, 2.45) is 0 Å². The Balaban J connectivity index is -0.000000563. The van der Waals surface area contributed by atoms with E-state index in [0.29, 0.717) is 0 Å². The Morgan fingerprint density at radius 3 is 2.06 bits per heavy atom. The van der Waals surface area contributed by atoms with Crippen molar-refractivity contribution in [3.8, 4) is 0 Å². The van der Waals surface area contributed by atoms with Crippen LogP contribution in [0.25, 0.3) is 18.0 Å². The van der Waals surface area contributed by atoms with Gasteiger partial charge in [-0.05, 0) is 18.4 Å². The predicted octanol–water partition coefficient (Wildman–Crippen LogP) is 5.28. The molecule has 0 bridgehead atoms. The van der Waals surface area contributed by atoms with Gasteiger partial charge in [-0.1, -0.05) is 50.6 Å². The predicted molar refractivity (Wildman–Crippen MR) is 68.0 cm³/mol. The minimum Gasteiger partial charge on any atom is -0.693 e. The smallest absolute Gasteiger partial charge is 0.693 e. The molecule has 0 spiro atoms. The molecular formula is C12H21N3Ni. The molecule has 16 heavy (non-hydrogen) atoms. The summed E-state index contributed by atoms with van der Waals surface area (Å²) in [5.74, 6) is 0. The van der Waals surface area contributed by atoms with E-state index in [-0.39, 0.29) is 34.3 Å². The SMILES string of the molecule is CC(C)([NH-])CC[CH]c1ccccc1.[NH2-].[NH2-].[Ni+3]. The number of hydrogen-bond donors (Lipinski definition) is 0. The fraction of sp³-hybridized carbons (Fsp3) is 0.417. The van der Waals surface area contributed by atoms with Crippen LogP contribution in [0.1, 0.15) is 32.3 Å². The summed E-state index contributed by atoms with van der Waals surface area (Å²) in [5.41, 5.74) is 8.63. The van der Waals surface area contributed by atoms with Gasteiger partial charge in [-0.2, -0.15) is 0 Å². The minimum atomic E-state index is -0.300. The van der Waals surface area contributed by atoms with Crippen LogP contribution in [0.4, 0.5) is 0 Å². The van der Waals surface area contributed by atoms with E-state index >= 15 is 0 Å². The molecule has 2 radical (unpaired) electrons. The van der Waals surface area contributed by atoms with Crippen molar-refractivity contribution in [1.82, 2.24) is 0 Å². The van der Waals surface area contributed by atoms with E-state index in [1.807, 2.05) is 32.0 Å². The standard InChI is InChI=1S/C12H17N.2H2N.Ni/c1-12(2,13)10-6-9-11-7-4-3-5-8-11;;;/h3-5,7-9,13H,6,10H2,1-2H3;2*1H2;/q3*-1;+3. The van der Waals surface area contributed by atoms with Crippen LogP contribution in [0.3, 0.4) is 0 Å². The second-order valence-corrected chi connectivity index (χ2v) is 4.04. The molecule has 3 nitrogen and oxygen atoms in total. The summed E-state index contributed by atoms with van der Waals surface area (Å²) in [5, 5.41) is 0. The number of hydrogen-bond acceptors (Lipinski definition) is 0. The molecule has 1 aromatic rings. The molecule has 5 N–H and O–H groups in total. The maximum absolute atomic E-state index is 7.68. The zero-order chi connectivity index (χ0) is 9.73. The first kappa shape index (κ1) is 20.9. The Labute approximate surface area is 109 Å². The molecule has 0 heterocycles. The van der Waals surface area contributed by atoms with Crippen molar-refractivity contribution in [3.05, 3.63) is 60.4 Å². The van der Waals surface area contributed by atoms with Crippen molar-refractivity contribution < 1.29 is 16.5 Å². The second kappa shape index (κ2) is 9.79. The fourth-order valence-corrected chi connectivity index (χ4v) is 1.19. The average molecular weight is 266 g/mol. The molecule has 0 atom stereocenters. The Kier molecular flexibility index (Phi) is 12.8. The minimum absolute atomic E-state index is 0. The van der Waals surface area contributed by atoms with Gasteiger partial charge in [-0.25, -0.2) is 0 Å². The molecule has 0 saturated heterocycles. The number of nitrogens with two attached hydrogens (primary N) is 2. The number of benzene rings is 1. The van der Waals surface area contributed by atoms with E-state index in [9.17, 15) is 0 Å². The van der Waals surface area contributed by atoms with Crippen molar-refractivity contribution >= 4 is 0 Å². The van der Waals surface area contributed by atoms with Crippen LogP contribution in [-0.2, 0) is 16.5 Å². The Morgan fingerprint density at radius 1 is 1.12 bits per heavy atom. The Bertz CT molecular complexity index is 244. The molecule has 1 rings (SSSR count). The van der Waals surface area contributed by atoms with Crippen molar-refractivity contribution in [2.45, 2.75) is 32.2 Å². The van der Waals surface area contributed by atoms with E-state index in [4.69, 9.17) is 5.73 Å². The molecule has 0 fully saturated rings. The maximum atomic E-state index is 7.68. The number of rotatable bonds is 4. The maximum Gasteiger partial charge on any atom is 3.00 e. The molecule has 4 heteroatoms. The van der Waals surface area contributed by atoms with Gasteiger partial charge in [0.25, 0.3) is 0 Å². The molecule has 0 aliphatic rings. The first-order valence-corrected chi connectivity index (χ1v) is 4.71. The van der Waals surface area contributed by atoms with Gasteiger partial charge in [-0.15, -0.1) is 5.54 Å². The summed E-state index contributed by atoms with van der Waals surface area (Å²) >= 11 is 0. The van der Waals surface area contributed by atoms with Gasteiger partial charge < -0.3 is 18.0 Å². The molecular weight excluding hydrogens is 245 g/mol. The zero-order valence-corrected chi connectivity index (χ0v) is 10.8. The van der Waals surface area contributed by atoms with Gasteiger partial charge in [0.1, 0.15) is 0 Å². The van der Waals surface area contributed by atoms with Crippen LogP contribution in [0, 0.1) is 6.42 Å². The average Bonchev–Trinajstić information content (AvgIpc) is 2.04. The van der Waals surface area contributed by atoms with Crippen molar-refractivity contribution in [2.75, 3.05) is 0 Å². The van der Waals surface area contributed by atoms with Gasteiger partial charge in [0, 0.05) is 0 Å². The van der Waals surface area contributed by atoms with Gasteiger partial charge in [0.05, 0.1) is 0 Å². The van der Waals surface area contributed by atoms with E-state index in [1.54, 1.807) is 0 Å². The fourth-order valence-electron chi connectivity index (χ4n) is 1.19. The summed E-state index contributed by atoms with van der Waals surface area (Å²) in [6.45, 7) is 3.90. The molecule has 0 amide bonds. The van der Waals surface area contributed by atoms with Crippen LogP contribution < -0.4 is 0 Å². The van der Waals surface area contributed by atoms with Crippen molar-refractivity contribution in [3.63, 3.8) is 0 Å². The van der Waals surface area contributed by atoms with E-state index in [2.05, 4.69) is 18.6 Å². The number of nitrogens with one attached hydrogen (secondary N) is 1. The molecule has 1 aromatic carbocycles. The normalized spacial score (nSPS) is 9.44. The van der Waals surface area contributed by atoms with Gasteiger partial charge in [0.2, 0.25) is 0 Å². The summed E-state index contributed by atoms with van der Waals surface area (Å²) in [6.07, 6.45) is 4.10. The second-order valence-electron chi connectivity index (χ2n) is 4.04. The van der Waals surface area contributed by atoms with Gasteiger partial charge in [-0.3, -0.25) is 0 Å². The topological polar surface area (TPSA) is 90.8 Å². The summed E-state index contributed by atoms with van der Waals surface area (Å²) in [6, 6.07) is 10.3. The summed E-state index contributed by atoms with van der Waals surface area (Å²) in [7, 11) is 0. The first-order chi connectivity index (χ1) is 6.08. The van der Waals surface area contributed by atoms with Crippen LogP contribution >= 0.6 is 0 Å². The van der Waals surface area contributed by atoms with Crippen LogP contribution in [-0.4, -0.2) is 5.54 Å². The quantitative estimate of drug-likeness (QED) is 0.663. The van der Waals surface area contributed by atoms with Crippen molar-refractivity contribution in [1.29, 1.82) is 0 Å². The molecule has 0 aliphatic carbocycles. The zero-order valence-electron chi connectivity index (χ0n) is 9.85. The monoisotopic (exact) mass is 265 g/mol.